The van der Waals surface area contributed by atoms with E-state index in [9.17, 15) is 9.59 Å². The summed E-state index contributed by atoms with van der Waals surface area (Å²) >= 11 is 0. The van der Waals surface area contributed by atoms with Crippen molar-refractivity contribution in [2.75, 3.05) is 7.05 Å². The van der Waals surface area contributed by atoms with Crippen LogP contribution in [0.15, 0.2) is 34.9 Å². The normalized spacial score (nSPS) is 15.7. The van der Waals surface area contributed by atoms with Gasteiger partial charge in [0.15, 0.2) is 5.82 Å². The number of rotatable bonds is 6. The molecule has 0 spiro atoms. The Morgan fingerprint density at radius 3 is 2.63 bits per heavy atom. The number of likely N-dealkylation sites (N-methyl/N-ethyl adjacent to an activating group) is 1. The van der Waals surface area contributed by atoms with Crippen molar-refractivity contribution in [3.63, 3.8) is 0 Å². The van der Waals surface area contributed by atoms with E-state index < -0.39 is 12.1 Å². The van der Waals surface area contributed by atoms with Crippen LogP contribution in [-0.2, 0) is 11.3 Å². The summed E-state index contributed by atoms with van der Waals surface area (Å²) in [5, 5.41) is 11.9. The predicted octanol–water partition coefficient (Wildman–Crippen LogP) is 2.40. The van der Waals surface area contributed by atoms with E-state index in [1.54, 1.807) is 12.1 Å². The first-order chi connectivity index (χ1) is 13.2. The van der Waals surface area contributed by atoms with Crippen LogP contribution >= 0.6 is 0 Å². The molecule has 8 nitrogen and oxygen atoms in total. The molecule has 1 saturated carbocycles. The molecule has 3 N–H and O–H groups in total. The molecule has 1 aromatic heterocycles. The number of carbonyl (C=O) groups excluding carboxylic acids is 2. The van der Waals surface area contributed by atoms with Crippen LogP contribution in [0.1, 0.15) is 61.3 Å². The van der Waals surface area contributed by atoms with Crippen molar-refractivity contribution in [1.82, 2.24) is 26.1 Å². The highest BCUT2D eigenvalue weighted by atomic mass is 16.5. The number of aromatic nitrogens is 2. The van der Waals surface area contributed by atoms with Crippen LogP contribution in [0, 0.1) is 0 Å². The second-order valence-electron chi connectivity index (χ2n) is 6.67. The fourth-order valence-electron chi connectivity index (χ4n) is 3.29. The van der Waals surface area contributed by atoms with Crippen LogP contribution in [0.3, 0.4) is 0 Å². The monoisotopic (exact) mass is 371 g/mol. The van der Waals surface area contributed by atoms with Gasteiger partial charge in [-0.1, -0.05) is 54.8 Å². The lowest BCUT2D eigenvalue weighted by Gasteiger charge is -2.18. The predicted molar refractivity (Wildman–Crippen MR) is 98.7 cm³/mol. The Kier molecular flexibility index (Phi) is 6.40. The topological polar surface area (TPSA) is 109 Å². The maximum Gasteiger partial charge on any atom is 0.316 e. The minimum Gasteiger partial charge on any atom is -0.357 e. The molecule has 1 fully saturated rings. The first kappa shape index (κ1) is 18.9. The molecule has 0 aliphatic heterocycles. The number of hydrogen-bond donors (Lipinski definition) is 3. The second-order valence-corrected chi connectivity index (χ2v) is 6.67. The molecule has 0 unspecified atom stereocenters. The van der Waals surface area contributed by atoms with Crippen LogP contribution in [0.2, 0.25) is 0 Å². The Morgan fingerprint density at radius 2 is 1.93 bits per heavy atom. The van der Waals surface area contributed by atoms with Gasteiger partial charge in [0.2, 0.25) is 11.8 Å². The van der Waals surface area contributed by atoms with Gasteiger partial charge in [0.1, 0.15) is 6.04 Å². The van der Waals surface area contributed by atoms with Gasteiger partial charge < -0.3 is 20.5 Å². The third-order valence-electron chi connectivity index (χ3n) is 4.77. The van der Waals surface area contributed by atoms with Gasteiger partial charge in [0.25, 0.3) is 0 Å². The van der Waals surface area contributed by atoms with Gasteiger partial charge in [0, 0.05) is 13.0 Å². The van der Waals surface area contributed by atoms with E-state index in [-0.39, 0.29) is 12.5 Å². The summed E-state index contributed by atoms with van der Waals surface area (Å²) in [6, 6.07) is 7.79. The van der Waals surface area contributed by atoms with E-state index in [1.165, 1.54) is 26.3 Å². The van der Waals surface area contributed by atoms with Crippen molar-refractivity contribution in [2.45, 2.75) is 50.6 Å². The molecule has 1 heterocycles. The van der Waals surface area contributed by atoms with Gasteiger partial charge in [-0.2, -0.15) is 4.98 Å². The third kappa shape index (κ3) is 5.06. The van der Waals surface area contributed by atoms with E-state index in [4.69, 9.17) is 4.52 Å². The highest BCUT2D eigenvalue weighted by molar-refractivity contribution is 5.87. The third-order valence-corrected chi connectivity index (χ3v) is 4.77. The van der Waals surface area contributed by atoms with Gasteiger partial charge in [-0.3, -0.25) is 4.79 Å². The largest absolute Gasteiger partial charge is 0.357 e. The summed E-state index contributed by atoms with van der Waals surface area (Å²) in [5.41, 5.74) is 0.698. The molecule has 0 saturated heterocycles. The van der Waals surface area contributed by atoms with E-state index in [0.29, 0.717) is 17.4 Å². The molecule has 8 heteroatoms. The number of nitrogens with zero attached hydrogens (tertiary/aromatic N) is 2. The van der Waals surface area contributed by atoms with Crippen molar-refractivity contribution in [2.24, 2.45) is 0 Å². The number of carbonyl (C=O) groups is 2. The minimum atomic E-state index is -0.781. The van der Waals surface area contributed by atoms with Crippen LogP contribution < -0.4 is 16.0 Å². The zero-order valence-electron chi connectivity index (χ0n) is 15.4. The highest BCUT2D eigenvalue weighted by Crippen LogP contribution is 2.30. The first-order valence-corrected chi connectivity index (χ1v) is 9.30. The molecule has 0 bridgehead atoms. The molecular formula is C19H25N5O3. The summed E-state index contributed by atoms with van der Waals surface area (Å²) in [7, 11) is 1.53. The Balaban J connectivity index is 1.55. The summed E-state index contributed by atoms with van der Waals surface area (Å²) < 4.78 is 5.24. The maximum atomic E-state index is 12.2. The lowest BCUT2D eigenvalue weighted by Crippen LogP contribution is -2.43. The molecule has 1 atom stereocenters. The lowest BCUT2D eigenvalue weighted by atomic mass is 9.89. The average molecular weight is 371 g/mol. The van der Waals surface area contributed by atoms with Crippen LogP contribution in [-0.4, -0.2) is 29.1 Å². The number of nitrogens with one attached hydrogen (secondary N) is 3. The molecule has 3 amide bonds. The van der Waals surface area contributed by atoms with Crippen molar-refractivity contribution in [3.8, 4) is 0 Å². The standard InChI is InChI=1S/C19H25N5O3/c1-20-18(25)16(13-8-4-2-5-9-13)23-19(26)21-12-15-22-17(24-27-15)14-10-6-3-7-11-14/h2,4-5,8-9,14,16H,3,6-7,10-12H2,1H3,(H,20,25)(H2,21,23,26)/t16-/m0/s1. The summed E-state index contributed by atoms with van der Waals surface area (Å²) in [6.45, 7) is 0.112. The zero-order chi connectivity index (χ0) is 19.1. The molecule has 1 aliphatic rings. The Labute approximate surface area is 158 Å². The van der Waals surface area contributed by atoms with E-state index in [0.717, 1.165) is 18.7 Å². The van der Waals surface area contributed by atoms with Crippen LogP contribution in [0.5, 0.6) is 0 Å². The van der Waals surface area contributed by atoms with Crippen molar-refractivity contribution < 1.29 is 14.1 Å². The summed E-state index contributed by atoms with van der Waals surface area (Å²) in [4.78, 5) is 28.7. The molecule has 1 aliphatic carbocycles. The minimum absolute atomic E-state index is 0.112. The summed E-state index contributed by atoms with van der Waals surface area (Å²) in [6.07, 6.45) is 5.80. The van der Waals surface area contributed by atoms with Gasteiger partial charge >= 0.3 is 6.03 Å². The van der Waals surface area contributed by atoms with Crippen molar-refractivity contribution in [3.05, 3.63) is 47.6 Å². The zero-order valence-corrected chi connectivity index (χ0v) is 15.4. The highest BCUT2D eigenvalue weighted by Gasteiger charge is 2.23. The van der Waals surface area contributed by atoms with E-state index in [1.807, 2.05) is 18.2 Å². The molecule has 144 valence electrons. The van der Waals surface area contributed by atoms with Crippen molar-refractivity contribution >= 4 is 11.9 Å². The van der Waals surface area contributed by atoms with Gasteiger partial charge in [0.05, 0.1) is 6.54 Å². The molecule has 27 heavy (non-hydrogen) atoms. The van der Waals surface area contributed by atoms with E-state index in [2.05, 4.69) is 26.1 Å². The number of urea groups is 1. The molecule has 2 aromatic rings. The molecule has 0 radical (unpaired) electrons. The van der Waals surface area contributed by atoms with Gasteiger partial charge in [-0.25, -0.2) is 4.79 Å². The maximum absolute atomic E-state index is 12.2. The molecule has 1 aromatic carbocycles. The lowest BCUT2D eigenvalue weighted by molar-refractivity contribution is -0.122. The molecular weight excluding hydrogens is 346 g/mol. The van der Waals surface area contributed by atoms with Crippen LogP contribution in [0.4, 0.5) is 4.79 Å². The molecule has 3 rings (SSSR count). The number of benzene rings is 1. The fourth-order valence-corrected chi connectivity index (χ4v) is 3.29. The summed E-state index contributed by atoms with van der Waals surface area (Å²) in [5.74, 6) is 1.14. The quantitative estimate of drug-likeness (QED) is 0.722. The SMILES string of the molecule is CNC(=O)[C@@H](NC(=O)NCc1nc(C2CCCCC2)no1)c1ccccc1. The van der Waals surface area contributed by atoms with Gasteiger partial charge in [-0.05, 0) is 18.4 Å². The number of hydrogen-bond acceptors (Lipinski definition) is 5. The Morgan fingerprint density at radius 1 is 1.19 bits per heavy atom. The second kappa shape index (κ2) is 9.16. The Hall–Kier alpha value is -2.90. The first-order valence-electron chi connectivity index (χ1n) is 9.30. The van der Waals surface area contributed by atoms with Gasteiger partial charge in [-0.15, -0.1) is 0 Å². The average Bonchev–Trinajstić information content (AvgIpc) is 3.20. The fraction of sp³-hybridized carbons (Fsp3) is 0.474. The smallest absolute Gasteiger partial charge is 0.316 e. The number of amides is 3. The van der Waals surface area contributed by atoms with Crippen LogP contribution in [0.25, 0.3) is 0 Å². The van der Waals surface area contributed by atoms with Crippen molar-refractivity contribution in [1.29, 1.82) is 0 Å². The Bertz CT molecular complexity index is 756. The van der Waals surface area contributed by atoms with E-state index >= 15 is 0 Å².